The van der Waals surface area contributed by atoms with Crippen molar-refractivity contribution in [1.29, 1.82) is 0 Å². The summed E-state index contributed by atoms with van der Waals surface area (Å²) in [6, 6.07) is 16.1. The van der Waals surface area contributed by atoms with Crippen LogP contribution in [-0.2, 0) is 17.6 Å². The minimum atomic E-state index is -0.877. The van der Waals surface area contributed by atoms with E-state index in [-0.39, 0.29) is 24.5 Å². The highest BCUT2D eigenvalue weighted by molar-refractivity contribution is 6.31. The predicted molar refractivity (Wildman–Crippen MR) is 126 cm³/mol. The summed E-state index contributed by atoms with van der Waals surface area (Å²) < 4.78 is 0. The van der Waals surface area contributed by atoms with Crippen LogP contribution < -0.4 is 0 Å². The van der Waals surface area contributed by atoms with Crippen molar-refractivity contribution < 1.29 is 14.7 Å². The van der Waals surface area contributed by atoms with Gasteiger partial charge < -0.3 is 10.1 Å². The molecule has 0 aliphatic heterocycles. The van der Waals surface area contributed by atoms with Gasteiger partial charge in [0.1, 0.15) is 0 Å². The number of hydrogen-bond acceptors (Lipinski definition) is 2. The zero-order valence-electron chi connectivity index (χ0n) is 18.0. The van der Waals surface area contributed by atoms with Crippen LogP contribution >= 0.6 is 11.6 Å². The maximum Gasteiger partial charge on any atom is 0.303 e. The number of unbranched alkanes of at least 4 members (excludes halogenated alkanes) is 3. The van der Waals surface area contributed by atoms with Gasteiger partial charge in [-0.15, -0.1) is 0 Å². The molecule has 4 nitrogen and oxygen atoms in total. The number of Topliss-reactive ketones (excluding diaryl/α,β-unsaturated/α-hetero) is 1. The molecule has 0 saturated heterocycles. The molecule has 3 rings (SSSR count). The Labute approximate surface area is 188 Å². The van der Waals surface area contributed by atoms with Crippen LogP contribution in [0, 0.1) is 5.92 Å². The molecule has 2 aromatic carbocycles. The van der Waals surface area contributed by atoms with E-state index >= 15 is 0 Å². The summed E-state index contributed by atoms with van der Waals surface area (Å²) in [7, 11) is 0. The standard InChI is InChI=1S/C26H30ClNO3/c1-18(16-25(30)31)15-24(29)26-21-17-20(27)13-14-22(21)28-23(26)12-8-3-2-5-9-19-10-6-4-7-11-19/h4,6-7,10-11,13-14,17-18,28H,2-3,5,8-9,12,15-16H2,1H3,(H,30,31)/t18-/m0/s1. The molecule has 0 saturated carbocycles. The molecule has 1 heterocycles. The summed E-state index contributed by atoms with van der Waals surface area (Å²) in [6.07, 6.45) is 6.52. The Kier molecular flexibility index (Phi) is 8.30. The molecule has 0 unspecified atom stereocenters. The SMILES string of the molecule is C[C@H](CC(=O)O)CC(=O)c1c(CCCCCCc2ccccc2)[nH]c2ccc(Cl)cc12. The smallest absolute Gasteiger partial charge is 0.303 e. The average molecular weight is 440 g/mol. The van der Waals surface area contributed by atoms with E-state index < -0.39 is 5.97 Å². The maximum atomic E-state index is 13.1. The van der Waals surface area contributed by atoms with Gasteiger partial charge in [0.15, 0.2) is 5.78 Å². The van der Waals surface area contributed by atoms with Crippen LogP contribution in [0.1, 0.15) is 67.1 Å². The zero-order chi connectivity index (χ0) is 22.2. The van der Waals surface area contributed by atoms with Crippen molar-refractivity contribution in [2.75, 3.05) is 0 Å². The molecule has 0 spiro atoms. The first kappa shape index (κ1) is 23.1. The van der Waals surface area contributed by atoms with Gasteiger partial charge in [-0.05, 0) is 55.4 Å². The topological polar surface area (TPSA) is 70.2 Å². The number of carbonyl (C=O) groups excluding carboxylic acids is 1. The lowest BCUT2D eigenvalue weighted by Crippen LogP contribution is -2.11. The number of aromatic amines is 1. The van der Waals surface area contributed by atoms with Gasteiger partial charge in [-0.3, -0.25) is 9.59 Å². The Morgan fingerprint density at radius 3 is 2.39 bits per heavy atom. The second-order valence-electron chi connectivity index (χ2n) is 8.40. The third kappa shape index (κ3) is 6.70. The van der Waals surface area contributed by atoms with E-state index in [9.17, 15) is 9.59 Å². The number of rotatable bonds is 12. The van der Waals surface area contributed by atoms with Gasteiger partial charge in [0, 0.05) is 40.0 Å². The monoisotopic (exact) mass is 439 g/mol. The molecule has 0 aliphatic carbocycles. The van der Waals surface area contributed by atoms with Crippen LogP contribution in [0.5, 0.6) is 0 Å². The van der Waals surface area contributed by atoms with E-state index in [1.165, 1.54) is 5.56 Å². The lowest BCUT2D eigenvalue weighted by molar-refractivity contribution is -0.137. The van der Waals surface area contributed by atoms with E-state index in [0.717, 1.165) is 55.1 Å². The van der Waals surface area contributed by atoms with Gasteiger partial charge in [-0.25, -0.2) is 0 Å². The molecule has 0 aliphatic rings. The summed E-state index contributed by atoms with van der Waals surface area (Å²) in [6.45, 7) is 1.81. The maximum absolute atomic E-state index is 13.1. The summed E-state index contributed by atoms with van der Waals surface area (Å²) in [5, 5.41) is 10.4. The van der Waals surface area contributed by atoms with Gasteiger partial charge in [0.25, 0.3) is 0 Å². The molecule has 1 atom stereocenters. The molecular formula is C26H30ClNO3. The number of carboxylic acids is 1. The summed E-state index contributed by atoms with van der Waals surface area (Å²) in [4.78, 5) is 27.5. The number of aryl methyl sites for hydroxylation is 2. The van der Waals surface area contributed by atoms with Crippen LogP contribution in [0.25, 0.3) is 10.9 Å². The van der Waals surface area contributed by atoms with E-state index in [0.29, 0.717) is 10.6 Å². The molecule has 164 valence electrons. The quantitative estimate of drug-likeness (QED) is 0.239. The molecule has 5 heteroatoms. The highest BCUT2D eigenvalue weighted by Crippen LogP contribution is 2.29. The highest BCUT2D eigenvalue weighted by Gasteiger charge is 2.21. The Morgan fingerprint density at radius 1 is 0.968 bits per heavy atom. The highest BCUT2D eigenvalue weighted by atomic mass is 35.5. The number of fused-ring (bicyclic) bond motifs is 1. The van der Waals surface area contributed by atoms with E-state index in [1.807, 2.05) is 24.3 Å². The van der Waals surface area contributed by atoms with E-state index in [1.54, 1.807) is 6.92 Å². The van der Waals surface area contributed by atoms with Gasteiger partial charge in [-0.2, -0.15) is 0 Å². The second-order valence-corrected chi connectivity index (χ2v) is 8.84. The first-order valence-corrected chi connectivity index (χ1v) is 11.4. The number of aromatic nitrogens is 1. The lowest BCUT2D eigenvalue weighted by Gasteiger charge is -2.09. The molecular weight excluding hydrogens is 410 g/mol. The third-order valence-electron chi connectivity index (χ3n) is 5.66. The largest absolute Gasteiger partial charge is 0.481 e. The number of carboxylic acid groups (broad SMARTS) is 1. The fraction of sp³-hybridized carbons (Fsp3) is 0.385. The number of aliphatic carboxylic acids is 1. The predicted octanol–water partition coefficient (Wildman–Crippen LogP) is 6.85. The number of hydrogen-bond donors (Lipinski definition) is 2. The molecule has 3 aromatic rings. The molecule has 0 fully saturated rings. The Bertz CT molecular complexity index is 1030. The normalized spacial score (nSPS) is 12.2. The van der Waals surface area contributed by atoms with Gasteiger partial charge in [0.05, 0.1) is 0 Å². The fourth-order valence-electron chi connectivity index (χ4n) is 4.14. The summed E-state index contributed by atoms with van der Waals surface area (Å²) in [5.41, 5.74) is 3.89. The van der Waals surface area contributed by atoms with Crippen LogP contribution in [-0.4, -0.2) is 21.8 Å². The van der Waals surface area contributed by atoms with Crippen molar-refractivity contribution in [3.05, 3.63) is 70.4 Å². The minimum Gasteiger partial charge on any atom is -0.481 e. The number of ketones is 1. The van der Waals surface area contributed by atoms with Crippen molar-refractivity contribution in [2.45, 2.75) is 58.3 Å². The average Bonchev–Trinajstić information content (AvgIpc) is 3.08. The van der Waals surface area contributed by atoms with Gasteiger partial charge in [0.2, 0.25) is 0 Å². The molecule has 1 aromatic heterocycles. The van der Waals surface area contributed by atoms with Crippen LogP contribution in [0.15, 0.2) is 48.5 Å². The zero-order valence-corrected chi connectivity index (χ0v) is 18.8. The third-order valence-corrected chi connectivity index (χ3v) is 5.89. The molecule has 31 heavy (non-hydrogen) atoms. The Morgan fingerprint density at radius 2 is 1.68 bits per heavy atom. The van der Waals surface area contributed by atoms with Crippen LogP contribution in [0.3, 0.4) is 0 Å². The van der Waals surface area contributed by atoms with Crippen molar-refractivity contribution in [2.24, 2.45) is 5.92 Å². The number of H-pyrrole nitrogens is 1. The number of nitrogens with one attached hydrogen (secondary N) is 1. The summed E-state index contributed by atoms with van der Waals surface area (Å²) >= 11 is 6.19. The molecule has 0 radical (unpaired) electrons. The van der Waals surface area contributed by atoms with Crippen molar-refractivity contribution in [3.63, 3.8) is 0 Å². The van der Waals surface area contributed by atoms with Gasteiger partial charge >= 0.3 is 5.97 Å². The van der Waals surface area contributed by atoms with E-state index in [4.69, 9.17) is 16.7 Å². The first-order valence-electron chi connectivity index (χ1n) is 11.0. The molecule has 2 N–H and O–H groups in total. The fourth-order valence-corrected chi connectivity index (χ4v) is 4.32. The molecule has 0 bridgehead atoms. The van der Waals surface area contributed by atoms with Crippen molar-refractivity contribution >= 4 is 34.3 Å². The summed E-state index contributed by atoms with van der Waals surface area (Å²) in [5.74, 6) is -1.10. The Hall–Kier alpha value is -2.59. The van der Waals surface area contributed by atoms with Gasteiger partial charge in [-0.1, -0.05) is 61.7 Å². The second kappa shape index (κ2) is 11.1. The number of benzene rings is 2. The first-order chi connectivity index (χ1) is 14.9. The van der Waals surface area contributed by atoms with Crippen molar-refractivity contribution in [1.82, 2.24) is 4.98 Å². The number of carbonyl (C=O) groups is 2. The number of halogens is 1. The molecule has 0 amide bonds. The Balaban J connectivity index is 1.63. The lowest BCUT2D eigenvalue weighted by atomic mass is 9.94. The van der Waals surface area contributed by atoms with Crippen molar-refractivity contribution in [3.8, 4) is 0 Å². The van der Waals surface area contributed by atoms with E-state index in [2.05, 4.69) is 29.2 Å². The van der Waals surface area contributed by atoms with Crippen LogP contribution in [0.2, 0.25) is 5.02 Å². The van der Waals surface area contributed by atoms with Crippen LogP contribution in [0.4, 0.5) is 0 Å². The minimum absolute atomic E-state index is 0.00833.